The smallest absolute Gasteiger partial charge is 0.416 e. The van der Waals surface area contributed by atoms with Gasteiger partial charge in [-0.3, -0.25) is 24.6 Å². The third-order valence-electron chi connectivity index (χ3n) is 5.64. The number of ketones is 1. The first-order chi connectivity index (χ1) is 16.5. The zero-order valence-corrected chi connectivity index (χ0v) is 18.1. The minimum atomic E-state index is -4.70. The van der Waals surface area contributed by atoms with Gasteiger partial charge in [-0.15, -0.1) is 0 Å². The van der Waals surface area contributed by atoms with Crippen LogP contribution in [0.1, 0.15) is 28.3 Å². The quantitative estimate of drug-likeness (QED) is 0.173. The molecule has 0 spiro atoms. The first-order valence-corrected chi connectivity index (χ1v) is 10.3. The summed E-state index contributed by atoms with van der Waals surface area (Å²) in [6.45, 7) is 1.81. The van der Waals surface area contributed by atoms with Gasteiger partial charge in [-0.05, 0) is 42.8 Å². The monoisotopic (exact) mass is 482 g/mol. The summed E-state index contributed by atoms with van der Waals surface area (Å²) in [6, 6.07) is 13.9. The van der Waals surface area contributed by atoms with E-state index in [1.54, 1.807) is 12.1 Å². The Morgan fingerprint density at radius 2 is 1.63 bits per heavy atom. The Labute approximate surface area is 196 Å². The second-order valence-electron chi connectivity index (χ2n) is 7.93. The predicted octanol–water partition coefficient (Wildman–Crippen LogP) is 5.55. The minimum absolute atomic E-state index is 0.195. The van der Waals surface area contributed by atoms with E-state index in [0.29, 0.717) is 0 Å². The number of hydrogen-bond donors (Lipinski definition) is 1. The average molecular weight is 482 g/mol. The number of hydrogen-bond acceptors (Lipinski definition) is 5. The molecule has 0 bridgehead atoms. The van der Waals surface area contributed by atoms with Crippen LogP contribution in [-0.2, 0) is 15.8 Å². The Morgan fingerprint density at radius 1 is 1.00 bits per heavy atom. The number of anilines is 1. The van der Waals surface area contributed by atoms with Crippen LogP contribution in [0.25, 0.3) is 5.76 Å². The van der Waals surface area contributed by atoms with Crippen LogP contribution < -0.4 is 4.90 Å². The molecule has 178 valence electrons. The summed E-state index contributed by atoms with van der Waals surface area (Å²) in [5, 5.41) is 22.1. The lowest BCUT2D eigenvalue weighted by Gasteiger charge is -2.26. The molecule has 1 heterocycles. The lowest BCUT2D eigenvalue weighted by molar-refractivity contribution is -0.384. The van der Waals surface area contributed by atoms with E-state index in [1.807, 2.05) is 6.92 Å². The largest absolute Gasteiger partial charge is 0.507 e. The van der Waals surface area contributed by atoms with E-state index in [4.69, 9.17) is 0 Å². The van der Waals surface area contributed by atoms with Gasteiger partial charge in [0.25, 0.3) is 17.4 Å². The summed E-state index contributed by atoms with van der Waals surface area (Å²) in [7, 11) is 0. The van der Waals surface area contributed by atoms with Crippen LogP contribution >= 0.6 is 0 Å². The van der Waals surface area contributed by atoms with Crippen molar-refractivity contribution >= 4 is 28.8 Å². The Bertz CT molecular complexity index is 1360. The zero-order valence-electron chi connectivity index (χ0n) is 18.1. The van der Waals surface area contributed by atoms with E-state index in [0.717, 1.165) is 40.8 Å². The molecule has 10 heteroatoms. The number of non-ortho nitro benzene ring substituents is 1. The molecule has 7 nitrogen and oxygen atoms in total. The molecule has 1 fully saturated rings. The third-order valence-corrected chi connectivity index (χ3v) is 5.64. The number of carbonyl (C=O) groups is 2. The van der Waals surface area contributed by atoms with Crippen molar-refractivity contribution in [2.75, 3.05) is 4.90 Å². The van der Waals surface area contributed by atoms with Gasteiger partial charge in [-0.25, -0.2) is 0 Å². The van der Waals surface area contributed by atoms with Gasteiger partial charge in [0, 0.05) is 23.4 Å². The second kappa shape index (κ2) is 8.71. The molecule has 1 aliphatic rings. The molecule has 0 radical (unpaired) electrons. The maximum Gasteiger partial charge on any atom is 0.416 e. The number of alkyl halides is 3. The van der Waals surface area contributed by atoms with Gasteiger partial charge in [0.1, 0.15) is 5.76 Å². The highest BCUT2D eigenvalue weighted by Gasteiger charge is 2.47. The second-order valence-corrected chi connectivity index (χ2v) is 7.93. The molecule has 0 saturated carbocycles. The number of amides is 1. The number of rotatable bonds is 4. The molecule has 1 N–H and O–H groups in total. The van der Waals surface area contributed by atoms with Crippen LogP contribution in [-0.4, -0.2) is 21.7 Å². The number of nitro groups is 1. The van der Waals surface area contributed by atoms with Crippen molar-refractivity contribution in [2.24, 2.45) is 0 Å². The number of carbonyl (C=O) groups excluding carboxylic acids is 2. The number of nitrogens with zero attached hydrogens (tertiary/aromatic N) is 2. The Hall–Kier alpha value is -4.47. The first-order valence-electron chi connectivity index (χ1n) is 10.3. The number of benzene rings is 3. The van der Waals surface area contributed by atoms with Crippen LogP contribution in [0.3, 0.4) is 0 Å². The lowest BCUT2D eigenvalue weighted by Crippen LogP contribution is -2.29. The van der Waals surface area contributed by atoms with Crippen molar-refractivity contribution in [1.29, 1.82) is 0 Å². The molecule has 0 aromatic heterocycles. The van der Waals surface area contributed by atoms with Crippen LogP contribution in [0.4, 0.5) is 24.5 Å². The van der Waals surface area contributed by atoms with Crippen LogP contribution in [0.5, 0.6) is 0 Å². The van der Waals surface area contributed by atoms with E-state index in [9.17, 15) is 38.0 Å². The number of aryl methyl sites for hydroxylation is 1. The maximum atomic E-state index is 13.3. The van der Waals surface area contributed by atoms with E-state index in [2.05, 4.69) is 0 Å². The van der Waals surface area contributed by atoms with Gasteiger partial charge in [-0.2, -0.15) is 13.2 Å². The molecule has 4 rings (SSSR count). The molecule has 1 saturated heterocycles. The molecule has 1 amide bonds. The zero-order chi connectivity index (χ0) is 25.5. The summed E-state index contributed by atoms with van der Waals surface area (Å²) in [6.07, 6.45) is -4.70. The fourth-order valence-electron chi connectivity index (χ4n) is 3.89. The van der Waals surface area contributed by atoms with Crippen molar-refractivity contribution in [3.8, 4) is 0 Å². The number of halogens is 3. The molecule has 1 aliphatic heterocycles. The summed E-state index contributed by atoms with van der Waals surface area (Å²) in [4.78, 5) is 37.4. The number of nitro benzene ring substituents is 1. The summed E-state index contributed by atoms with van der Waals surface area (Å²) >= 11 is 0. The summed E-state index contributed by atoms with van der Waals surface area (Å²) in [5.41, 5.74) is -0.553. The highest BCUT2D eigenvalue weighted by molar-refractivity contribution is 6.51. The Balaban J connectivity index is 1.94. The van der Waals surface area contributed by atoms with E-state index in [-0.39, 0.29) is 28.1 Å². The number of aliphatic hydroxyl groups excluding tert-OH is 1. The van der Waals surface area contributed by atoms with Crippen LogP contribution in [0, 0.1) is 17.0 Å². The maximum absolute atomic E-state index is 13.3. The molecule has 1 atom stereocenters. The summed E-state index contributed by atoms with van der Waals surface area (Å²) in [5.74, 6) is -2.74. The molecule has 0 aliphatic carbocycles. The SMILES string of the molecule is Cc1ccc(C(O)=C2C(=O)C(=O)N(c3cccc(C(F)(F)F)c3)[C@H]2c2ccc([N+](=O)[O-])cc2)cc1. The minimum Gasteiger partial charge on any atom is -0.507 e. The van der Waals surface area contributed by atoms with Crippen molar-refractivity contribution < 1.29 is 32.8 Å². The van der Waals surface area contributed by atoms with Gasteiger partial charge >= 0.3 is 6.18 Å². The van der Waals surface area contributed by atoms with Crippen molar-refractivity contribution in [2.45, 2.75) is 19.1 Å². The Morgan fingerprint density at radius 3 is 2.20 bits per heavy atom. The standard InChI is InChI=1S/C25H17F3N2O5/c1-14-5-7-16(8-6-14)22(31)20-21(15-9-11-18(12-10-15)30(34)35)29(24(33)23(20)32)19-4-2-3-17(13-19)25(26,27)28/h2-13,21,31H,1H3/t21-/m0/s1. The molecule has 0 unspecified atom stereocenters. The fraction of sp³-hybridized carbons (Fsp3) is 0.120. The van der Waals surface area contributed by atoms with Crippen LogP contribution in [0.15, 0.2) is 78.4 Å². The normalized spacial score (nSPS) is 17.6. The van der Waals surface area contributed by atoms with E-state index in [1.165, 1.54) is 30.3 Å². The van der Waals surface area contributed by atoms with Gasteiger partial charge in [0.05, 0.1) is 22.1 Å². The number of Topliss-reactive ketones (excluding diaryl/α,β-unsaturated/α-hetero) is 1. The van der Waals surface area contributed by atoms with Gasteiger partial charge < -0.3 is 5.11 Å². The highest BCUT2D eigenvalue weighted by Crippen LogP contribution is 2.43. The predicted molar refractivity (Wildman–Crippen MR) is 121 cm³/mol. The van der Waals surface area contributed by atoms with Gasteiger partial charge in [0.2, 0.25) is 0 Å². The molecular weight excluding hydrogens is 465 g/mol. The van der Waals surface area contributed by atoms with Crippen molar-refractivity contribution in [3.05, 3.63) is 111 Å². The van der Waals surface area contributed by atoms with E-state index >= 15 is 0 Å². The molecule has 3 aromatic rings. The van der Waals surface area contributed by atoms with E-state index < -0.39 is 40.2 Å². The molecular formula is C25H17F3N2O5. The highest BCUT2D eigenvalue weighted by atomic mass is 19.4. The molecule has 35 heavy (non-hydrogen) atoms. The van der Waals surface area contributed by atoms with Crippen molar-refractivity contribution in [3.63, 3.8) is 0 Å². The molecule has 3 aromatic carbocycles. The topological polar surface area (TPSA) is 101 Å². The van der Waals surface area contributed by atoms with Crippen molar-refractivity contribution in [1.82, 2.24) is 0 Å². The van der Waals surface area contributed by atoms with Gasteiger partial charge in [0.15, 0.2) is 0 Å². The fourth-order valence-corrected chi connectivity index (χ4v) is 3.89. The third kappa shape index (κ3) is 4.37. The lowest BCUT2D eigenvalue weighted by atomic mass is 9.94. The summed E-state index contributed by atoms with van der Waals surface area (Å²) < 4.78 is 40.0. The van der Waals surface area contributed by atoms with Gasteiger partial charge in [-0.1, -0.05) is 35.9 Å². The average Bonchev–Trinajstić information content (AvgIpc) is 3.09. The Kier molecular flexibility index (Phi) is 5.89. The first kappa shape index (κ1) is 23.7. The number of aliphatic hydroxyl groups is 1. The van der Waals surface area contributed by atoms with Crippen LogP contribution in [0.2, 0.25) is 0 Å².